The summed E-state index contributed by atoms with van der Waals surface area (Å²) >= 11 is 7.61. The SMILES string of the molecule is CCC(CC)N(CCOC)C(CC)c1nc(CCl)cs1. The highest BCUT2D eigenvalue weighted by Crippen LogP contribution is 2.30. The summed E-state index contributed by atoms with van der Waals surface area (Å²) in [6.45, 7) is 8.46. The summed E-state index contributed by atoms with van der Waals surface area (Å²) in [4.78, 5) is 7.24. The van der Waals surface area contributed by atoms with Crippen molar-refractivity contribution in [3.05, 3.63) is 16.1 Å². The van der Waals surface area contributed by atoms with Gasteiger partial charge in [0.25, 0.3) is 0 Å². The first kappa shape index (κ1) is 17.9. The van der Waals surface area contributed by atoms with Crippen molar-refractivity contribution in [3.63, 3.8) is 0 Å². The Kier molecular flexibility index (Phi) is 8.69. The Hall–Kier alpha value is -0.160. The Morgan fingerprint density at radius 2 is 2.00 bits per heavy atom. The molecule has 0 amide bonds. The van der Waals surface area contributed by atoms with Crippen molar-refractivity contribution in [1.29, 1.82) is 0 Å². The molecule has 1 aromatic rings. The zero-order valence-corrected chi connectivity index (χ0v) is 14.6. The van der Waals surface area contributed by atoms with Gasteiger partial charge in [-0.2, -0.15) is 0 Å². The van der Waals surface area contributed by atoms with Crippen molar-refractivity contribution in [2.45, 2.75) is 58.0 Å². The van der Waals surface area contributed by atoms with Gasteiger partial charge in [-0.3, -0.25) is 4.90 Å². The first-order valence-corrected chi connectivity index (χ1v) is 8.87. The van der Waals surface area contributed by atoms with Crippen molar-refractivity contribution in [1.82, 2.24) is 9.88 Å². The molecule has 0 aromatic carbocycles. The number of rotatable bonds is 10. The quantitative estimate of drug-likeness (QED) is 0.595. The van der Waals surface area contributed by atoms with Gasteiger partial charge in [-0.05, 0) is 19.3 Å². The monoisotopic (exact) mass is 318 g/mol. The van der Waals surface area contributed by atoms with Crippen molar-refractivity contribution in [2.75, 3.05) is 20.3 Å². The third kappa shape index (κ3) is 4.69. The van der Waals surface area contributed by atoms with E-state index in [1.807, 2.05) is 0 Å². The number of hydrogen-bond acceptors (Lipinski definition) is 4. The summed E-state index contributed by atoms with van der Waals surface area (Å²) in [7, 11) is 1.76. The van der Waals surface area contributed by atoms with Crippen molar-refractivity contribution in [3.8, 4) is 0 Å². The molecule has 0 aliphatic rings. The molecule has 20 heavy (non-hydrogen) atoms. The largest absolute Gasteiger partial charge is 0.383 e. The average molecular weight is 319 g/mol. The Bertz CT molecular complexity index is 369. The summed E-state index contributed by atoms with van der Waals surface area (Å²) in [6, 6.07) is 0.954. The summed E-state index contributed by atoms with van der Waals surface area (Å²) in [5.74, 6) is 0.496. The highest BCUT2D eigenvalue weighted by atomic mass is 35.5. The van der Waals surface area contributed by atoms with Gasteiger partial charge in [-0.1, -0.05) is 20.8 Å². The number of halogens is 1. The molecule has 0 N–H and O–H groups in total. The Labute approximate surface area is 132 Å². The van der Waals surface area contributed by atoms with E-state index in [4.69, 9.17) is 16.3 Å². The van der Waals surface area contributed by atoms with E-state index in [2.05, 4.69) is 36.0 Å². The van der Waals surface area contributed by atoms with Gasteiger partial charge in [0.1, 0.15) is 5.01 Å². The number of thiazole rings is 1. The molecule has 0 aliphatic heterocycles. The predicted octanol–water partition coefficient (Wildman–Crippen LogP) is 4.47. The third-order valence-electron chi connectivity index (χ3n) is 3.74. The highest BCUT2D eigenvalue weighted by molar-refractivity contribution is 7.09. The second kappa shape index (κ2) is 9.72. The molecule has 0 spiro atoms. The maximum absolute atomic E-state index is 5.88. The molecule has 1 rings (SSSR count). The fourth-order valence-electron chi connectivity index (χ4n) is 2.64. The van der Waals surface area contributed by atoms with Crippen LogP contribution in [-0.4, -0.2) is 36.2 Å². The van der Waals surface area contributed by atoms with Gasteiger partial charge in [0.05, 0.1) is 24.2 Å². The van der Waals surface area contributed by atoms with E-state index in [-0.39, 0.29) is 0 Å². The molecule has 0 fully saturated rings. The van der Waals surface area contributed by atoms with Crippen LogP contribution in [0, 0.1) is 0 Å². The molecule has 0 bridgehead atoms. The fourth-order valence-corrected chi connectivity index (χ4v) is 3.89. The lowest BCUT2D eigenvalue weighted by Gasteiger charge is -2.36. The molecule has 1 aromatic heterocycles. The average Bonchev–Trinajstić information content (AvgIpc) is 2.94. The summed E-state index contributed by atoms with van der Waals surface area (Å²) < 4.78 is 5.29. The minimum absolute atomic E-state index is 0.372. The number of aromatic nitrogens is 1. The van der Waals surface area contributed by atoms with Gasteiger partial charge in [0.2, 0.25) is 0 Å². The fraction of sp³-hybridized carbons (Fsp3) is 0.800. The molecule has 116 valence electrons. The topological polar surface area (TPSA) is 25.4 Å². The number of hydrogen-bond donors (Lipinski definition) is 0. The lowest BCUT2D eigenvalue weighted by molar-refractivity contribution is 0.0769. The van der Waals surface area contributed by atoms with Crippen LogP contribution in [0.25, 0.3) is 0 Å². The van der Waals surface area contributed by atoms with Gasteiger partial charge in [0.15, 0.2) is 0 Å². The van der Waals surface area contributed by atoms with Crippen molar-refractivity contribution < 1.29 is 4.74 Å². The molecule has 1 atom stereocenters. The van der Waals surface area contributed by atoms with Crippen LogP contribution >= 0.6 is 22.9 Å². The molecule has 3 nitrogen and oxygen atoms in total. The Morgan fingerprint density at radius 1 is 1.30 bits per heavy atom. The predicted molar refractivity (Wildman–Crippen MR) is 87.7 cm³/mol. The molecular weight excluding hydrogens is 292 g/mol. The van der Waals surface area contributed by atoms with Crippen LogP contribution in [0.1, 0.15) is 56.8 Å². The molecule has 5 heteroatoms. The van der Waals surface area contributed by atoms with Crippen LogP contribution in [0.5, 0.6) is 0 Å². The molecule has 0 aliphatic carbocycles. The standard InChI is InChI=1S/C15H27ClN2OS/c1-5-13(6-2)18(8-9-19-4)14(7-3)15-17-12(10-16)11-20-15/h11,13-14H,5-10H2,1-4H3. The minimum Gasteiger partial charge on any atom is -0.383 e. The highest BCUT2D eigenvalue weighted by Gasteiger charge is 2.26. The normalized spacial score (nSPS) is 13.3. The maximum Gasteiger partial charge on any atom is 0.110 e. The molecule has 0 saturated carbocycles. The number of nitrogens with zero attached hydrogens (tertiary/aromatic N) is 2. The van der Waals surface area contributed by atoms with E-state index < -0.39 is 0 Å². The van der Waals surface area contributed by atoms with Crippen LogP contribution < -0.4 is 0 Å². The van der Waals surface area contributed by atoms with Crippen LogP contribution in [0.4, 0.5) is 0 Å². The molecular formula is C15H27ClN2OS. The smallest absolute Gasteiger partial charge is 0.110 e. The zero-order chi connectivity index (χ0) is 15.0. The van der Waals surface area contributed by atoms with Gasteiger partial charge in [-0.25, -0.2) is 4.98 Å². The third-order valence-corrected chi connectivity index (χ3v) is 5.01. The van der Waals surface area contributed by atoms with E-state index in [1.54, 1.807) is 18.4 Å². The first-order chi connectivity index (χ1) is 9.71. The van der Waals surface area contributed by atoms with Crippen molar-refractivity contribution in [2.24, 2.45) is 0 Å². The van der Waals surface area contributed by atoms with E-state index in [0.717, 1.165) is 38.1 Å². The van der Waals surface area contributed by atoms with Gasteiger partial charge >= 0.3 is 0 Å². The van der Waals surface area contributed by atoms with Gasteiger partial charge in [-0.15, -0.1) is 22.9 Å². The Morgan fingerprint density at radius 3 is 2.45 bits per heavy atom. The second-order valence-electron chi connectivity index (χ2n) is 4.94. The maximum atomic E-state index is 5.88. The van der Waals surface area contributed by atoms with Crippen LogP contribution in [0.3, 0.4) is 0 Å². The van der Waals surface area contributed by atoms with Gasteiger partial charge in [0, 0.05) is 25.1 Å². The number of ether oxygens (including phenoxy) is 1. The van der Waals surface area contributed by atoms with Gasteiger partial charge < -0.3 is 4.74 Å². The molecule has 0 radical (unpaired) electrons. The minimum atomic E-state index is 0.372. The summed E-state index contributed by atoms with van der Waals surface area (Å²) in [6.07, 6.45) is 3.38. The lowest BCUT2D eigenvalue weighted by Crippen LogP contribution is -2.39. The van der Waals surface area contributed by atoms with Crippen LogP contribution in [-0.2, 0) is 10.6 Å². The first-order valence-electron chi connectivity index (χ1n) is 7.46. The summed E-state index contributed by atoms with van der Waals surface area (Å²) in [5, 5.41) is 3.26. The van der Waals surface area contributed by atoms with Crippen LogP contribution in [0.2, 0.25) is 0 Å². The number of methoxy groups -OCH3 is 1. The summed E-state index contributed by atoms with van der Waals surface area (Å²) in [5.41, 5.74) is 0.987. The van der Waals surface area contributed by atoms with E-state index in [0.29, 0.717) is 18.0 Å². The molecule has 1 heterocycles. The zero-order valence-electron chi connectivity index (χ0n) is 13.1. The second-order valence-corrected chi connectivity index (χ2v) is 6.09. The van der Waals surface area contributed by atoms with Crippen molar-refractivity contribution >= 4 is 22.9 Å². The van der Waals surface area contributed by atoms with E-state index >= 15 is 0 Å². The van der Waals surface area contributed by atoms with E-state index in [9.17, 15) is 0 Å². The molecule has 0 saturated heterocycles. The Balaban J connectivity index is 2.93. The lowest BCUT2D eigenvalue weighted by atomic mass is 10.1. The van der Waals surface area contributed by atoms with Crippen LogP contribution in [0.15, 0.2) is 5.38 Å². The van der Waals surface area contributed by atoms with E-state index in [1.165, 1.54) is 5.01 Å². The number of alkyl halides is 1. The molecule has 1 unspecified atom stereocenters.